The first-order valence-corrected chi connectivity index (χ1v) is 7.39. The lowest BCUT2D eigenvalue weighted by atomic mass is 10.1. The van der Waals surface area contributed by atoms with E-state index in [2.05, 4.69) is 33.1 Å². The molecule has 0 spiro atoms. The molecule has 18 heavy (non-hydrogen) atoms. The summed E-state index contributed by atoms with van der Waals surface area (Å²) in [6, 6.07) is 6.37. The highest BCUT2D eigenvalue weighted by molar-refractivity contribution is 9.10. The lowest BCUT2D eigenvalue weighted by Crippen LogP contribution is -2.56. The molecule has 1 heterocycles. The third-order valence-corrected chi connectivity index (χ3v) is 4.63. The van der Waals surface area contributed by atoms with Gasteiger partial charge in [0.1, 0.15) is 5.82 Å². The van der Waals surface area contributed by atoms with Crippen LogP contribution in [0.4, 0.5) is 10.1 Å². The number of benzene rings is 1. The van der Waals surface area contributed by atoms with Gasteiger partial charge in [-0.25, -0.2) is 4.39 Å². The van der Waals surface area contributed by atoms with E-state index in [4.69, 9.17) is 0 Å². The fraction of sp³-hybridized carbons (Fsp3) is 0.571. The summed E-state index contributed by atoms with van der Waals surface area (Å²) in [6.07, 6.45) is 2.71. The minimum absolute atomic E-state index is 0.194. The van der Waals surface area contributed by atoms with Gasteiger partial charge in [0.05, 0.1) is 4.47 Å². The molecule has 2 nitrogen and oxygen atoms in total. The molecule has 1 aliphatic heterocycles. The van der Waals surface area contributed by atoms with Gasteiger partial charge in [-0.1, -0.05) is 0 Å². The molecule has 0 aromatic heterocycles. The van der Waals surface area contributed by atoms with Crippen LogP contribution in [0.5, 0.6) is 0 Å². The summed E-state index contributed by atoms with van der Waals surface area (Å²) in [7, 11) is 0. The molecule has 0 amide bonds. The van der Waals surface area contributed by atoms with Crippen molar-refractivity contribution in [3.63, 3.8) is 0 Å². The van der Waals surface area contributed by atoms with Gasteiger partial charge in [0.2, 0.25) is 0 Å². The lowest BCUT2D eigenvalue weighted by molar-refractivity contribution is 0.376. The van der Waals surface area contributed by atoms with Crippen molar-refractivity contribution in [2.75, 3.05) is 18.0 Å². The number of nitrogens with one attached hydrogen (secondary N) is 1. The Morgan fingerprint density at radius 1 is 1.39 bits per heavy atom. The van der Waals surface area contributed by atoms with Crippen LogP contribution in [0.25, 0.3) is 0 Å². The standard InChI is InChI=1S/C14H18BrFN2/c1-9-7-17-14(10-2-3-10)8-18(9)11-4-5-13(16)12(15)6-11/h4-6,9-10,14,17H,2-3,7-8H2,1H3. The third kappa shape index (κ3) is 2.41. The van der Waals surface area contributed by atoms with Crippen LogP contribution in [0.2, 0.25) is 0 Å². The first kappa shape index (κ1) is 12.4. The predicted molar refractivity (Wildman–Crippen MR) is 75.4 cm³/mol. The summed E-state index contributed by atoms with van der Waals surface area (Å²) < 4.78 is 13.8. The van der Waals surface area contributed by atoms with E-state index in [9.17, 15) is 4.39 Å². The van der Waals surface area contributed by atoms with Gasteiger partial charge in [-0.05, 0) is 59.8 Å². The van der Waals surface area contributed by atoms with E-state index in [-0.39, 0.29) is 5.82 Å². The zero-order chi connectivity index (χ0) is 12.7. The topological polar surface area (TPSA) is 15.3 Å². The van der Waals surface area contributed by atoms with E-state index in [1.807, 2.05) is 12.1 Å². The molecule has 0 bridgehead atoms. The van der Waals surface area contributed by atoms with Crippen molar-refractivity contribution in [1.82, 2.24) is 5.32 Å². The van der Waals surface area contributed by atoms with E-state index in [0.29, 0.717) is 16.6 Å². The summed E-state index contributed by atoms with van der Waals surface area (Å²) in [5.41, 5.74) is 1.11. The van der Waals surface area contributed by atoms with Crippen molar-refractivity contribution in [2.24, 2.45) is 5.92 Å². The highest BCUT2D eigenvalue weighted by atomic mass is 79.9. The smallest absolute Gasteiger partial charge is 0.137 e. The van der Waals surface area contributed by atoms with Crippen molar-refractivity contribution in [2.45, 2.75) is 31.8 Å². The number of halogens is 2. The second kappa shape index (κ2) is 4.82. The van der Waals surface area contributed by atoms with Gasteiger partial charge in [0.25, 0.3) is 0 Å². The second-order valence-corrected chi connectivity index (χ2v) is 6.31. The molecule has 1 aromatic carbocycles. The average Bonchev–Trinajstić information content (AvgIpc) is 3.18. The Bertz CT molecular complexity index is 447. The molecule has 98 valence electrons. The number of anilines is 1. The van der Waals surface area contributed by atoms with E-state index < -0.39 is 0 Å². The Hall–Kier alpha value is -0.610. The van der Waals surface area contributed by atoms with Gasteiger partial charge < -0.3 is 10.2 Å². The molecular weight excluding hydrogens is 295 g/mol. The van der Waals surface area contributed by atoms with Crippen LogP contribution in [0, 0.1) is 11.7 Å². The Morgan fingerprint density at radius 3 is 2.83 bits per heavy atom. The molecule has 1 saturated carbocycles. The molecular formula is C14H18BrFN2. The zero-order valence-corrected chi connectivity index (χ0v) is 12.1. The number of nitrogens with zero attached hydrogens (tertiary/aromatic N) is 1. The predicted octanol–water partition coefficient (Wildman–Crippen LogP) is 3.16. The van der Waals surface area contributed by atoms with Gasteiger partial charge in [-0.2, -0.15) is 0 Å². The molecule has 2 atom stereocenters. The molecule has 3 rings (SSSR count). The Morgan fingerprint density at radius 2 is 2.17 bits per heavy atom. The van der Waals surface area contributed by atoms with Crippen LogP contribution >= 0.6 is 15.9 Å². The van der Waals surface area contributed by atoms with Crippen molar-refractivity contribution >= 4 is 21.6 Å². The van der Waals surface area contributed by atoms with E-state index in [0.717, 1.165) is 24.7 Å². The molecule has 1 aliphatic carbocycles. The van der Waals surface area contributed by atoms with Crippen molar-refractivity contribution < 1.29 is 4.39 Å². The van der Waals surface area contributed by atoms with Crippen LogP contribution in [-0.2, 0) is 0 Å². The van der Waals surface area contributed by atoms with Gasteiger partial charge >= 0.3 is 0 Å². The fourth-order valence-electron chi connectivity index (χ4n) is 2.73. The van der Waals surface area contributed by atoms with Crippen LogP contribution in [0.15, 0.2) is 22.7 Å². The van der Waals surface area contributed by atoms with E-state index in [1.54, 1.807) is 6.07 Å². The third-order valence-electron chi connectivity index (χ3n) is 4.03. The number of hydrogen-bond acceptors (Lipinski definition) is 2. The highest BCUT2D eigenvalue weighted by Crippen LogP contribution is 2.35. The summed E-state index contributed by atoms with van der Waals surface area (Å²) in [5, 5.41) is 3.63. The van der Waals surface area contributed by atoms with Crippen LogP contribution < -0.4 is 10.2 Å². The lowest BCUT2D eigenvalue weighted by Gasteiger charge is -2.40. The summed E-state index contributed by atoms with van der Waals surface area (Å²) in [5.74, 6) is 0.657. The first-order valence-electron chi connectivity index (χ1n) is 6.60. The maximum atomic E-state index is 13.3. The van der Waals surface area contributed by atoms with Gasteiger partial charge in [-0.3, -0.25) is 0 Å². The normalized spacial score (nSPS) is 28.5. The maximum Gasteiger partial charge on any atom is 0.137 e. The van der Waals surface area contributed by atoms with E-state index >= 15 is 0 Å². The Kier molecular flexibility index (Phi) is 3.32. The quantitative estimate of drug-likeness (QED) is 0.902. The SMILES string of the molecule is CC1CNC(C2CC2)CN1c1ccc(F)c(Br)c1. The zero-order valence-electron chi connectivity index (χ0n) is 10.5. The number of rotatable bonds is 2. The van der Waals surface area contributed by atoms with Crippen LogP contribution in [0.1, 0.15) is 19.8 Å². The molecule has 4 heteroatoms. The summed E-state index contributed by atoms with van der Waals surface area (Å²) in [4.78, 5) is 2.39. The van der Waals surface area contributed by atoms with Gasteiger partial charge in [-0.15, -0.1) is 0 Å². The molecule has 1 saturated heterocycles. The fourth-order valence-corrected chi connectivity index (χ4v) is 3.09. The molecule has 1 N–H and O–H groups in total. The number of hydrogen-bond donors (Lipinski definition) is 1. The Labute approximate surface area is 116 Å². The monoisotopic (exact) mass is 312 g/mol. The second-order valence-electron chi connectivity index (χ2n) is 5.45. The maximum absolute atomic E-state index is 13.3. The summed E-state index contributed by atoms with van der Waals surface area (Å²) in [6.45, 7) is 4.26. The van der Waals surface area contributed by atoms with Crippen molar-refractivity contribution in [3.8, 4) is 0 Å². The van der Waals surface area contributed by atoms with Gasteiger partial charge in [0.15, 0.2) is 0 Å². The van der Waals surface area contributed by atoms with Gasteiger partial charge in [0, 0.05) is 30.9 Å². The largest absolute Gasteiger partial charge is 0.366 e. The minimum atomic E-state index is -0.194. The highest BCUT2D eigenvalue weighted by Gasteiger charge is 2.36. The van der Waals surface area contributed by atoms with Crippen molar-refractivity contribution in [3.05, 3.63) is 28.5 Å². The van der Waals surface area contributed by atoms with Crippen LogP contribution in [-0.4, -0.2) is 25.2 Å². The Balaban J connectivity index is 1.81. The number of piperazine rings is 1. The van der Waals surface area contributed by atoms with Crippen molar-refractivity contribution in [1.29, 1.82) is 0 Å². The minimum Gasteiger partial charge on any atom is -0.366 e. The molecule has 2 fully saturated rings. The summed E-state index contributed by atoms with van der Waals surface area (Å²) >= 11 is 3.27. The molecule has 0 radical (unpaired) electrons. The average molecular weight is 313 g/mol. The first-order chi connectivity index (χ1) is 8.65. The molecule has 1 aromatic rings. The van der Waals surface area contributed by atoms with E-state index in [1.165, 1.54) is 12.8 Å². The molecule has 2 aliphatic rings. The van der Waals surface area contributed by atoms with Crippen LogP contribution in [0.3, 0.4) is 0 Å². The molecule has 2 unspecified atom stereocenters.